The summed E-state index contributed by atoms with van der Waals surface area (Å²) in [6.45, 7) is 3.38. The summed E-state index contributed by atoms with van der Waals surface area (Å²) in [7, 11) is 0. The maximum atomic E-state index is 12.5. The minimum atomic E-state index is -0.511. The number of aromatic nitrogens is 4. The molecule has 0 aliphatic heterocycles. The Morgan fingerprint density at radius 2 is 1.88 bits per heavy atom. The number of nitro benzene ring substituents is 1. The van der Waals surface area contributed by atoms with Crippen LogP contribution in [0.3, 0.4) is 0 Å². The number of azo groups is 1. The zero-order chi connectivity index (χ0) is 18.8. The number of H-pyrrole nitrogens is 1. The molecule has 26 heavy (non-hydrogen) atoms. The molecule has 0 aliphatic carbocycles. The fourth-order valence-electron chi connectivity index (χ4n) is 2.16. The Hall–Kier alpha value is -3.40. The molecule has 0 unspecified atom stereocenters. The van der Waals surface area contributed by atoms with E-state index in [1.807, 2.05) is 0 Å². The van der Waals surface area contributed by atoms with Crippen molar-refractivity contribution in [2.75, 3.05) is 0 Å². The lowest BCUT2D eigenvalue weighted by molar-refractivity contribution is -0.384. The third kappa shape index (κ3) is 3.49. The third-order valence-electron chi connectivity index (χ3n) is 3.38. The maximum Gasteiger partial charge on any atom is 0.301 e. The molecule has 0 radical (unpaired) electrons. The van der Waals surface area contributed by atoms with Crippen LogP contribution in [0.1, 0.15) is 11.4 Å². The monoisotopic (exact) mass is 373 g/mol. The van der Waals surface area contributed by atoms with Crippen LogP contribution in [0.4, 0.5) is 17.1 Å². The van der Waals surface area contributed by atoms with Gasteiger partial charge in [-0.25, -0.2) is 4.98 Å². The summed E-state index contributed by atoms with van der Waals surface area (Å²) < 4.78 is 1.12. The van der Waals surface area contributed by atoms with E-state index < -0.39 is 10.5 Å². The molecule has 2 aromatic heterocycles. The normalized spacial score (nSPS) is 11.2. The van der Waals surface area contributed by atoms with E-state index in [2.05, 4.69) is 25.3 Å². The third-order valence-corrected chi connectivity index (χ3v) is 3.57. The van der Waals surface area contributed by atoms with Gasteiger partial charge in [0.2, 0.25) is 0 Å². The van der Waals surface area contributed by atoms with Crippen molar-refractivity contribution in [2.24, 2.45) is 10.2 Å². The Balaban J connectivity index is 1.95. The van der Waals surface area contributed by atoms with Gasteiger partial charge in [0.15, 0.2) is 5.69 Å². The van der Waals surface area contributed by atoms with Gasteiger partial charge in [0.25, 0.3) is 11.6 Å². The van der Waals surface area contributed by atoms with Crippen LogP contribution in [-0.2, 0) is 0 Å². The van der Waals surface area contributed by atoms with E-state index in [9.17, 15) is 14.9 Å². The summed E-state index contributed by atoms with van der Waals surface area (Å²) in [5.41, 5.74) is 0.962. The SMILES string of the molecule is Cc1cc(Cl)nc(-n2[nH]c(C)c(N=Nc3ccc([N+](=O)[O-])cc3)c2=O)n1. The van der Waals surface area contributed by atoms with Crippen molar-refractivity contribution in [3.05, 3.63) is 67.3 Å². The van der Waals surface area contributed by atoms with Crippen molar-refractivity contribution in [3.8, 4) is 5.95 Å². The lowest BCUT2D eigenvalue weighted by Gasteiger charge is -2.01. The van der Waals surface area contributed by atoms with Gasteiger partial charge in [-0.15, -0.1) is 5.11 Å². The number of non-ortho nitro benzene ring substituents is 1. The first-order chi connectivity index (χ1) is 12.3. The molecule has 0 spiro atoms. The van der Waals surface area contributed by atoms with Crippen LogP contribution in [0.15, 0.2) is 45.4 Å². The molecule has 0 saturated carbocycles. The van der Waals surface area contributed by atoms with E-state index in [-0.39, 0.29) is 22.5 Å². The zero-order valence-electron chi connectivity index (χ0n) is 13.7. The van der Waals surface area contributed by atoms with E-state index in [1.54, 1.807) is 19.9 Å². The van der Waals surface area contributed by atoms with E-state index in [0.29, 0.717) is 17.1 Å². The van der Waals surface area contributed by atoms with Crippen LogP contribution in [0.2, 0.25) is 5.15 Å². The molecule has 2 heterocycles. The number of halogens is 1. The van der Waals surface area contributed by atoms with Crippen LogP contribution >= 0.6 is 11.6 Å². The maximum absolute atomic E-state index is 12.5. The molecular weight excluding hydrogens is 362 g/mol. The molecule has 1 N–H and O–H groups in total. The number of aromatic amines is 1. The second kappa shape index (κ2) is 6.84. The Labute approximate surface area is 151 Å². The molecule has 10 nitrogen and oxygen atoms in total. The van der Waals surface area contributed by atoms with Gasteiger partial charge in [-0.2, -0.15) is 14.8 Å². The van der Waals surface area contributed by atoms with Crippen molar-refractivity contribution in [2.45, 2.75) is 13.8 Å². The first kappa shape index (κ1) is 17.4. The number of hydrogen-bond donors (Lipinski definition) is 1. The summed E-state index contributed by atoms with van der Waals surface area (Å²) >= 11 is 5.90. The van der Waals surface area contributed by atoms with Gasteiger partial charge in [-0.1, -0.05) is 11.6 Å². The smallest absolute Gasteiger partial charge is 0.290 e. The Kier molecular flexibility index (Phi) is 4.59. The van der Waals surface area contributed by atoms with Crippen LogP contribution in [0.5, 0.6) is 0 Å². The van der Waals surface area contributed by atoms with Gasteiger partial charge in [-0.3, -0.25) is 20.0 Å². The molecule has 3 rings (SSSR count). The van der Waals surface area contributed by atoms with Gasteiger partial charge >= 0.3 is 5.56 Å². The van der Waals surface area contributed by atoms with Crippen LogP contribution in [0, 0.1) is 24.0 Å². The molecule has 0 amide bonds. The molecular formula is C15H12ClN7O3. The summed E-state index contributed by atoms with van der Waals surface area (Å²) in [6, 6.07) is 7.05. The standard InChI is InChI=1S/C15H12ClN7O3/c1-8-7-12(16)18-15(17-8)22-14(24)13(9(2)21-22)20-19-10-3-5-11(6-4-10)23(25)26/h3-7,21H,1-2H3. The molecule has 1 aromatic carbocycles. The highest BCUT2D eigenvalue weighted by Crippen LogP contribution is 2.21. The molecule has 11 heteroatoms. The quantitative estimate of drug-likeness (QED) is 0.323. The van der Waals surface area contributed by atoms with Crippen LogP contribution < -0.4 is 5.56 Å². The van der Waals surface area contributed by atoms with Gasteiger partial charge in [0.05, 0.1) is 16.3 Å². The number of nitro groups is 1. The molecule has 0 saturated heterocycles. The number of nitrogens with zero attached hydrogens (tertiary/aromatic N) is 6. The largest absolute Gasteiger partial charge is 0.301 e. The summed E-state index contributed by atoms with van der Waals surface area (Å²) in [5, 5.41) is 21.6. The van der Waals surface area contributed by atoms with Crippen molar-refractivity contribution >= 4 is 28.7 Å². The molecule has 0 fully saturated rings. The van der Waals surface area contributed by atoms with E-state index in [4.69, 9.17) is 11.6 Å². The summed E-state index contributed by atoms with van der Waals surface area (Å²) in [6.07, 6.45) is 0. The fourth-order valence-corrected chi connectivity index (χ4v) is 2.39. The minimum absolute atomic E-state index is 0.0578. The van der Waals surface area contributed by atoms with E-state index >= 15 is 0 Å². The second-order valence-corrected chi connectivity index (χ2v) is 5.72. The predicted molar refractivity (Wildman–Crippen MR) is 93.7 cm³/mol. The summed E-state index contributed by atoms with van der Waals surface area (Å²) in [5.74, 6) is 0.0971. The molecule has 0 aliphatic rings. The van der Waals surface area contributed by atoms with Gasteiger partial charge < -0.3 is 0 Å². The van der Waals surface area contributed by atoms with E-state index in [0.717, 1.165) is 4.68 Å². The fraction of sp³-hybridized carbons (Fsp3) is 0.133. The number of rotatable bonds is 4. The average Bonchev–Trinajstić information content (AvgIpc) is 2.87. The van der Waals surface area contributed by atoms with Gasteiger partial charge in [0.1, 0.15) is 5.15 Å². The number of benzene rings is 1. The molecule has 0 bridgehead atoms. The van der Waals surface area contributed by atoms with Crippen molar-refractivity contribution in [3.63, 3.8) is 0 Å². The van der Waals surface area contributed by atoms with Crippen molar-refractivity contribution in [1.82, 2.24) is 19.7 Å². The lowest BCUT2D eigenvalue weighted by atomic mass is 10.3. The van der Waals surface area contributed by atoms with Gasteiger partial charge in [-0.05, 0) is 32.0 Å². The average molecular weight is 374 g/mol. The molecule has 132 valence electrons. The highest BCUT2D eigenvalue weighted by atomic mass is 35.5. The topological polar surface area (TPSA) is 131 Å². The number of hydrogen-bond acceptors (Lipinski definition) is 7. The first-order valence-electron chi connectivity index (χ1n) is 7.34. The zero-order valence-corrected chi connectivity index (χ0v) is 14.4. The van der Waals surface area contributed by atoms with Gasteiger partial charge in [0, 0.05) is 17.8 Å². The second-order valence-electron chi connectivity index (χ2n) is 5.33. The van der Waals surface area contributed by atoms with Crippen LogP contribution in [0.25, 0.3) is 5.95 Å². The Morgan fingerprint density at radius 1 is 1.19 bits per heavy atom. The molecule has 3 aromatic rings. The first-order valence-corrected chi connectivity index (χ1v) is 7.72. The number of nitrogens with one attached hydrogen (secondary N) is 1. The van der Waals surface area contributed by atoms with E-state index in [1.165, 1.54) is 24.3 Å². The van der Waals surface area contributed by atoms with Crippen molar-refractivity contribution in [1.29, 1.82) is 0 Å². The minimum Gasteiger partial charge on any atom is -0.290 e. The Morgan fingerprint density at radius 3 is 2.50 bits per heavy atom. The lowest BCUT2D eigenvalue weighted by Crippen LogP contribution is -2.17. The number of aryl methyl sites for hydroxylation is 2. The molecule has 0 atom stereocenters. The predicted octanol–water partition coefficient (Wildman–Crippen LogP) is 3.55. The highest BCUT2D eigenvalue weighted by Gasteiger charge is 2.15. The highest BCUT2D eigenvalue weighted by molar-refractivity contribution is 6.29. The van der Waals surface area contributed by atoms with Crippen molar-refractivity contribution < 1.29 is 4.92 Å². The Bertz CT molecular complexity index is 1050. The summed E-state index contributed by atoms with van der Waals surface area (Å²) in [4.78, 5) is 30.9. The van der Waals surface area contributed by atoms with Crippen LogP contribution in [-0.4, -0.2) is 24.7 Å².